The molecule has 1 unspecified atom stereocenters. The van der Waals surface area contributed by atoms with Gasteiger partial charge >= 0.3 is 5.97 Å². The minimum absolute atomic E-state index is 0.00696. The normalized spacial score (nSPS) is 13.5. The van der Waals surface area contributed by atoms with Gasteiger partial charge in [-0.3, -0.25) is 4.79 Å². The lowest BCUT2D eigenvalue weighted by Crippen LogP contribution is -2.52. The second-order valence-electron chi connectivity index (χ2n) is 6.09. The summed E-state index contributed by atoms with van der Waals surface area (Å²) >= 11 is 0. The van der Waals surface area contributed by atoms with Gasteiger partial charge in [0, 0.05) is 12.3 Å². The molecule has 0 amide bonds. The van der Waals surface area contributed by atoms with Crippen LogP contribution in [-0.2, 0) is 27.4 Å². The van der Waals surface area contributed by atoms with Crippen molar-refractivity contribution in [1.82, 2.24) is 0 Å². The molecule has 0 aliphatic rings. The summed E-state index contributed by atoms with van der Waals surface area (Å²) in [5.74, 6) is -2.11. The van der Waals surface area contributed by atoms with Gasteiger partial charge in [0.05, 0.1) is 6.61 Å². The Labute approximate surface area is 142 Å². The molecule has 0 aromatic heterocycles. The monoisotopic (exact) mass is 326 g/mol. The largest absolute Gasteiger partial charge is 0.479 e. The molecular weight excluding hydrogens is 304 g/mol. The Morgan fingerprint density at radius 2 is 1.46 bits per heavy atom. The number of carbonyl (C=O) groups excluding carboxylic acids is 1. The number of ether oxygens (including phenoxy) is 1. The number of rotatable bonds is 8. The van der Waals surface area contributed by atoms with E-state index in [0.29, 0.717) is 0 Å². The first-order chi connectivity index (χ1) is 11.5. The molecule has 0 saturated carbocycles. The molecule has 0 aliphatic carbocycles. The molecule has 0 bridgehead atoms. The first-order valence-electron chi connectivity index (χ1n) is 7.95. The van der Waals surface area contributed by atoms with E-state index in [0.717, 1.165) is 11.1 Å². The molecule has 2 aromatic carbocycles. The topological polar surface area (TPSA) is 63.6 Å². The second-order valence-corrected chi connectivity index (χ2v) is 6.09. The Morgan fingerprint density at radius 1 is 0.958 bits per heavy atom. The Hall–Kier alpha value is -2.46. The number of Topliss-reactive ketones (excluding diaryl/α,β-unsaturated/α-hetero) is 1. The molecule has 2 rings (SSSR count). The van der Waals surface area contributed by atoms with E-state index in [2.05, 4.69) is 0 Å². The minimum Gasteiger partial charge on any atom is -0.479 e. The average molecular weight is 326 g/mol. The van der Waals surface area contributed by atoms with Crippen molar-refractivity contribution in [2.45, 2.75) is 32.5 Å². The zero-order valence-corrected chi connectivity index (χ0v) is 13.9. The van der Waals surface area contributed by atoms with Gasteiger partial charge in [0.2, 0.25) is 5.60 Å². The molecule has 0 heterocycles. The third-order valence-electron chi connectivity index (χ3n) is 3.89. The third kappa shape index (κ3) is 4.09. The van der Waals surface area contributed by atoms with E-state index in [1.54, 1.807) is 26.0 Å². The molecule has 0 aliphatic heterocycles. The van der Waals surface area contributed by atoms with Gasteiger partial charge < -0.3 is 9.84 Å². The smallest absolute Gasteiger partial charge is 0.344 e. The predicted octanol–water partition coefficient (Wildman–Crippen LogP) is 3.49. The number of carboxylic acid groups (broad SMARTS) is 1. The molecule has 2 aromatic rings. The van der Waals surface area contributed by atoms with Gasteiger partial charge in [0.25, 0.3) is 0 Å². The standard InChI is InChI=1S/C20H22O4/c1-15(2)18(21)20(19(22)23,13-16-9-5-3-6-10-16)24-14-17-11-7-4-8-12-17/h3-12,15H,13-14H2,1-2H3,(H,22,23). The number of hydrogen-bond donors (Lipinski definition) is 1. The molecular formula is C20H22O4. The fourth-order valence-corrected chi connectivity index (χ4v) is 2.58. The zero-order chi connectivity index (χ0) is 17.6. The van der Waals surface area contributed by atoms with Gasteiger partial charge in [0.15, 0.2) is 5.78 Å². The summed E-state index contributed by atoms with van der Waals surface area (Å²) in [6.07, 6.45) is 0.00696. The van der Waals surface area contributed by atoms with Crippen molar-refractivity contribution < 1.29 is 19.4 Å². The van der Waals surface area contributed by atoms with Crippen LogP contribution in [0.15, 0.2) is 60.7 Å². The van der Waals surface area contributed by atoms with Gasteiger partial charge in [-0.2, -0.15) is 0 Å². The number of ketones is 1. The Balaban J connectivity index is 2.34. The molecule has 24 heavy (non-hydrogen) atoms. The van der Waals surface area contributed by atoms with Gasteiger partial charge in [-0.15, -0.1) is 0 Å². The summed E-state index contributed by atoms with van der Waals surface area (Å²) in [6, 6.07) is 18.3. The van der Waals surface area contributed by atoms with Crippen molar-refractivity contribution >= 4 is 11.8 Å². The first-order valence-corrected chi connectivity index (χ1v) is 7.95. The van der Waals surface area contributed by atoms with Crippen LogP contribution >= 0.6 is 0 Å². The molecule has 4 heteroatoms. The lowest BCUT2D eigenvalue weighted by Gasteiger charge is -2.30. The van der Waals surface area contributed by atoms with E-state index in [4.69, 9.17) is 4.74 Å². The maximum atomic E-state index is 12.7. The van der Waals surface area contributed by atoms with Crippen LogP contribution in [0.1, 0.15) is 25.0 Å². The van der Waals surface area contributed by atoms with Crippen molar-refractivity contribution in [2.24, 2.45) is 5.92 Å². The van der Waals surface area contributed by atoms with Crippen molar-refractivity contribution in [3.63, 3.8) is 0 Å². The zero-order valence-electron chi connectivity index (χ0n) is 13.9. The van der Waals surface area contributed by atoms with Gasteiger partial charge in [-0.25, -0.2) is 4.79 Å². The number of hydrogen-bond acceptors (Lipinski definition) is 3. The summed E-state index contributed by atoms with van der Waals surface area (Å²) in [6.45, 7) is 3.45. The maximum absolute atomic E-state index is 12.7. The molecule has 0 saturated heterocycles. The highest BCUT2D eigenvalue weighted by atomic mass is 16.5. The highest BCUT2D eigenvalue weighted by Gasteiger charge is 2.48. The summed E-state index contributed by atoms with van der Waals surface area (Å²) in [4.78, 5) is 24.8. The summed E-state index contributed by atoms with van der Waals surface area (Å²) in [5, 5.41) is 9.84. The van der Waals surface area contributed by atoms with Crippen molar-refractivity contribution in [1.29, 1.82) is 0 Å². The van der Waals surface area contributed by atoms with E-state index in [9.17, 15) is 14.7 Å². The van der Waals surface area contributed by atoms with Crippen LogP contribution in [-0.4, -0.2) is 22.5 Å². The number of carboxylic acids is 1. The average Bonchev–Trinajstić information content (AvgIpc) is 2.59. The molecule has 1 atom stereocenters. The van der Waals surface area contributed by atoms with Crippen LogP contribution in [0, 0.1) is 5.92 Å². The van der Waals surface area contributed by atoms with Gasteiger partial charge in [0.1, 0.15) is 0 Å². The molecule has 0 spiro atoms. The van der Waals surface area contributed by atoms with E-state index in [1.807, 2.05) is 48.5 Å². The van der Waals surface area contributed by atoms with Crippen molar-refractivity contribution in [2.75, 3.05) is 0 Å². The molecule has 1 N–H and O–H groups in total. The van der Waals surface area contributed by atoms with E-state index in [-0.39, 0.29) is 13.0 Å². The summed E-state index contributed by atoms with van der Waals surface area (Å²) in [5.41, 5.74) is -0.305. The Bertz CT molecular complexity index is 679. The third-order valence-corrected chi connectivity index (χ3v) is 3.89. The summed E-state index contributed by atoms with van der Waals surface area (Å²) in [7, 11) is 0. The first kappa shape index (κ1) is 17.9. The molecule has 126 valence electrons. The highest BCUT2D eigenvalue weighted by molar-refractivity contribution is 6.07. The molecule has 0 radical (unpaired) electrons. The van der Waals surface area contributed by atoms with Crippen molar-refractivity contribution in [3.05, 3.63) is 71.8 Å². The lowest BCUT2D eigenvalue weighted by molar-refractivity contribution is -0.176. The fourth-order valence-electron chi connectivity index (χ4n) is 2.58. The molecule has 4 nitrogen and oxygen atoms in total. The van der Waals surface area contributed by atoms with Crippen LogP contribution in [0.3, 0.4) is 0 Å². The van der Waals surface area contributed by atoms with Gasteiger partial charge in [-0.05, 0) is 11.1 Å². The van der Waals surface area contributed by atoms with Crippen LogP contribution in [0.2, 0.25) is 0 Å². The number of aliphatic carboxylic acids is 1. The summed E-state index contributed by atoms with van der Waals surface area (Å²) < 4.78 is 5.76. The van der Waals surface area contributed by atoms with Crippen LogP contribution in [0.5, 0.6) is 0 Å². The lowest BCUT2D eigenvalue weighted by atomic mass is 9.84. The van der Waals surface area contributed by atoms with Crippen molar-refractivity contribution in [3.8, 4) is 0 Å². The van der Waals surface area contributed by atoms with E-state index < -0.39 is 23.3 Å². The van der Waals surface area contributed by atoms with Gasteiger partial charge in [-0.1, -0.05) is 74.5 Å². The SMILES string of the molecule is CC(C)C(=O)C(Cc1ccccc1)(OCc1ccccc1)C(=O)O. The predicted molar refractivity (Wildman–Crippen MR) is 91.6 cm³/mol. The number of carbonyl (C=O) groups is 2. The van der Waals surface area contributed by atoms with Crippen LogP contribution < -0.4 is 0 Å². The molecule has 0 fully saturated rings. The number of benzene rings is 2. The minimum atomic E-state index is -1.88. The van der Waals surface area contributed by atoms with Crippen LogP contribution in [0.25, 0.3) is 0 Å². The maximum Gasteiger partial charge on any atom is 0.344 e. The second kappa shape index (κ2) is 7.88. The van der Waals surface area contributed by atoms with E-state index in [1.165, 1.54) is 0 Å². The van der Waals surface area contributed by atoms with Crippen LogP contribution in [0.4, 0.5) is 0 Å². The van der Waals surface area contributed by atoms with E-state index >= 15 is 0 Å². The fraction of sp³-hybridized carbons (Fsp3) is 0.300. The quantitative estimate of drug-likeness (QED) is 0.754. The highest BCUT2D eigenvalue weighted by Crippen LogP contribution is 2.25. The Morgan fingerprint density at radius 3 is 1.92 bits per heavy atom. The Kier molecular flexibility index (Phi) is 5.88.